The van der Waals surface area contributed by atoms with Crippen molar-refractivity contribution in [3.05, 3.63) is 118 Å². The largest absolute Gasteiger partial charge is 0.486 e. The Morgan fingerprint density at radius 1 is 0.593 bits per heavy atom. The van der Waals surface area contributed by atoms with Crippen LogP contribution in [-0.2, 0) is 25.2 Å². The zero-order valence-corrected chi connectivity index (χ0v) is 32.9. The van der Waals surface area contributed by atoms with Crippen molar-refractivity contribution >= 4 is 38.3 Å². The number of benzene rings is 2. The van der Waals surface area contributed by atoms with E-state index in [1.165, 1.54) is 47.2 Å². The van der Waals surface area contributed by atoms with Crippen molar-refractivity contribution in [3.8, 4) is 11.5 Å². The number of hydrogen-bond acceptors (Lipinski definition) is 6. The second kappa shape index (κ2) is 17.4. The van der Waals surface area contributed by atoms with Gasteiger partial charge in [0.05, 0.1) is 0 Å². The third-order valence-electron chi connectivity index (χ3n) is 9.60. The summed E-state index contributed by atoms with van der Waals surface area (Å²) in [7, 11) is 0. The van der Waals surface area contributed by atoms with Crippen LogP contribution in [0.3, 0.4) is 0 Å². The molecule has 6 aromatic rings. The minimum absolute atomic E-state index is 0. The molecule has 2 atom stereocenters. The molecule has 2 aliphatic rings. The van der Waals surface area contributed by atoms with E-state index in [0.29, 0.717) is 48.5 Å². The molecule has 0 bridgehead atoms. The summed E-state index contributed by atoms with van der Waals surface area (Å²) in [5.74, 6) is -5.35. The van der Waals surface area contributed by atoms with Crippen LogP contribution in [0, 0.1) is 40.9 Å². The Kier molecular flexibility index (Phi) is 13.4. The lowest BCUT2D eigenvalue weighted by molar-refractivity contribution is -0.138. The predicted molar refractivity (Wildman–Crippen MR) is 200 cm³/mol. The van der Waals surface area contributed by atoms with Crippen molar-refractivity contribution < 1.29 is 57.8 Å². The average Bonchev–Trinajstić information content (AvgIpc) is 4.05. The van der Waals surface area contributed by atoms with Crippen LogP contribution in [0.5, 0.6) is 11.5 Å². The molecule has 2 fully saturated rings. The van der Waals surface area contributed by atoms with E-state index in [9.17, 15) is 48.3 Å². The minimum Gasteiger partial charge on any atom is -0.486 e. The lowest BCUT2D eigenvalue weighted by Gasteiger charge is -2.21. The topological polar surface area (TPSA) is 78.8 Å². The van der Waals surface area contributed by atoms with Crippen molar-refractivity contribution in [3.63, 3.8) is 0 Å². The molecule has 0 saturated heterocycles. The van der Waals surface area contributed by atoms with Gasteiger partial charge in [0.25, 0.3) is 0 Å². The van der Waals surface area contributed by atoms with E-state index in [4.69, 9.17) is 9.47 Å². The molecule has 21 heteroatoms. The number of alkyl halides is 6. The first-order valence-corrected chi connectivity index (χ1v) is 17.7. The summed E-state index contributed by atoms with van der Waals surface area (Å²) in [6.07, 6.45) is -3.91. The Morgan fingerprint density at radius 2 is 1.03 bits per heavy atom. The Hall–Kier alpha value is -4.79. The highest BCUT2D eigenvalue weighted by atomic mass is 32.1. The molecular weight excluding hydrogens is 846 g/mol. The molecule has 59 heavy (non-hydrogen) atoms. The Bertz CT molecular complexity index is 2430. The maximum atomic E-state index is 13.9. The van der Waals surface area contributed by atoms with Gasteiger partial charge < -0.3 is 9.47 Å². The SMILES string of the molecule is C[C@H](Oc1c(F)cc(F)cc1F)c1ccn2c(CC3CC3)nnc2c1C(F)(F)F.C[C@H](Oc1ccc(F)c(F)c1)c1ccn2c(CC3CC3)nnc2c1C(F)(F)F.S.S. The highest BCUT2D eigenvalue weighted by molar-refractivity contribution is 7.59. The maximum absolute atomic E-state index is 13.9. The van der Waals surface area contributed by atoms with Crippen LogP contribution in [-0.4, -0.2) is 29.2 Å². The quantitative estimate of drug-likeness (QED) is 0.128. The molecule has 0 aliphatic heterocycles. The highest BCUT2D eigenvalue weighted by Gasteiger charge is 2.41. The summed E-state index contributed by atoms with van der Waals surface area (Å²) >= 11 is 0. The zero-order chi connectivity index (χ0) is 41.0. The first kappa shape index (κ1) is 45.3. The molecule has 4 heterocycles. The number of pyridine rings is 2. The lowest BCUT2D eigenvalue weighted by Crippen LogP contribution is -2.17. The number of halogens is 11. The Labute approximate surface area is 342 Å². The monoisotopic (exact) mass is 880 g/mol. The molecular formula is C38H35F11N6O2S2. The van der Waals surface area contributed by atoms with E-state index in [-0.39, 0.29) is 49.5 Å². The summed E-state index contributed by atoms with van der Waals surface area (Å²) in [5.41, 5.74) is -3.25. The van der Waals surface area contributed by atoms with Gasteiger partial charge >= 0.3 is 12.4 Å². The second-order valence-electron chi connectivity index (χ2n) is 14.0. The molecule has 318 valence electrons. The van der Waals surface area contributed by atoms with Gasteiger partial charge in [0, 0.05) is 54.6 Å². The summed E-state index contributed by atoms with van der Waals surface area (Å²) in [6.45, 7) is 2.62. The van der Waals surface area contributed by atoms with Crippen LogP contribution in [0.2, 0.25) is 0 Å². The summed E-state index contributed by atoms with van der Waals surface area (Å²) in [4.78, 5) is 0. The van der Waals surface area contributed by atoms with E-state index in [1.54, 1.807) is 0 Å². The fourth-order valence-electron chi connectivity index (χ4n) is 6.43. The number of rotatable bonds is 10. The Balaban J connectivity index is 0.000000217. The van der Waals surface area contributed by atoms with Crippen molar-refractivity contribution in [2.75, 3.05) is 0 Å². The highest BCUT2D eigenvalue weighted by Crippen LogP contribution is 2.41. The van der Waals surface area contributed by atoms with Crippen LogP contribution in [0.4, 0.5) is 48.3 Å². The van der Waals surface area contributed by atoms with Gasteiger partial charge in [-0.2, -0.15) is 53.3 Å². The number of aromatic nitrogens is 6. The van der Waals surface area contributed by atoms with Crippen molar-refractivity contribution in [2.45, 2.75) is 76.9 Å². The molecule has 8 rings (SSSR count). The van der Waals surface area contributed by atoms with Crippen LogP contribution in [0.15, 0.2) is 54.9 Å². The van der Waals surface area contributed by atoms with E-state index in [0.717, 1.165) is 43.9 Å². The van der Waals surface area contributed by atoms with Gasteiger partial charge in [0.2, 0.25) is 0 Å². The fourth-order valence-corrected chi connectivity index (χ4v) is 6.43. The van der Waals surface area contributed by atoms with Crippen LogP contribution < -0.4 is 9.47 Å². The minimum atomic E-state index is -4.81. The Morgan fingerprint density at radius 3 is 1.44 bits per heavy atom. The molecule has 8 nitrogen and oxygen atoms in total. The third kappa shape index (κ3) is 9.99. The first-order chi connectivity index (χ1) is 26.9. The lowest BCUT2D eigenvalue weighted by atomic mass is 10.0. The van der Waals surface area contributed by atoms with Crippen LogP contribution in [0.25, 0.3) is 11.3 Å². The summed E-state index contributed by atoms with van der Waals surface area (Å²) in [6, 6.07) is 6.06. The summed E-state index contributed by atoms with van der Waals surface area (Å²) < 4.78 is 163. The molecule has 0 amide bonds. The van der Waals surface area contributed by atoms with Gasteiger partial charge in [-0.15, -0.1) is 20.4 Å². The number of nitrogens with zero attached hydrogens (tertiary/aromatic N) is 6. The van der Waals surface area contributed by atoms with E-state index >= 15 is 0 Å². The molecule has 0 N–H and O–H groups in total. The number of hydrogen-bond donors (Lipinski definition) is 0. The standard InChI is InChI=1S/C19H15F6N3O.C19H16F5N3O.2H2S/c1-9(29-17-13(21)7-11(20)8-14(17)22)12-4-5-28-15(6-10-2-3-10)26-27-18(28)16(12)19(23,24)25;1-10(28-12-4-5-14(20)15(21)9-12)13-6-7-27-16(8-11-2-3-11)25-26-18(27)17(13)19(22,23)24;;/h4-5,7-10H,2-3,6H2,1H3;4-7,9-11H,2-3,8H2,1H3;2*1H2/t9-;10-;;/m00../s1. The average molecular weight is 881 g/mol. The van der Waals surface area contributed by atoms with Gasteiger partial charge in [0.15, 0.2) is 40.3 Å². The zero-order valence-electron chi connectivity index (χ0n) is 30.9. The van der Waals surface area contributed by atoms with Crippen molar-refractivity contribution in [1.29, 1.82) is 0 Å². The first-order valence-electron chi connectivity index (χ1n) is 17.7. The molecule has 0 spiro atoms. The van der Waals surface area contributed by atoms with Gasteiger partial charge in [-0.3, -0.25) is 8.80 Å². The van der Waals surface area contributed by atoms with Crippen LogP contribution in [0.1, 0.15) is 85.6 Å². The molecule has 4 aromatic heterocycles. The van der Waals surface area contributed by atoms with E-state index in [2.05, 4.69) is 20.4 Å². The molecule has 2 saturated carbocycles. The smallest absolute Gasteiger partial charge is 0.420 e. The number of fused-ring (bicyclic) bond motifs is 2. The van der Waals surface area contributed by atoms with Gasteiger partial charge in [-0.1, -0.05) is 0 Å². The van der Waals surface area contributed by atoms with Gasteiger partial charge in [0.1, 0.15) is 46.6 Å². The summed E-state index contributed by atoms with van der Waals surface area (Å²) in [5, 5.41) is 15.3. The third-order valence-corrected chi connectivity index (χ3v) is 9.60. The van der Waals surface area contributed by atoms with Gasteiger partial charge in [-0.25, -0.2) is 22.0 Å². The molecule has 0 unspecified atom stereocenters. The maximum Gasteiger partial charge on any atom is 0.420 e. The van der Waals surface area contributed by atoms with E-state index in [1.807, 2.05) is 0 Å². The normalized spacial score (nSPS) is 15.2. The fraction of sp³-hybridized carbons (Fsp3) is 0.368. The molecule has 2 aliphatic carbocycles. The second-order valence-corrected chi connectivity index (χ2v) is 14.0. The molecule has 2 aromatic carbocycles. The van der Waals surface area contributed by atoms with Crippen molar-refractivity contribution in [2.24, 2.45) is 11.8 Å². The predicted octanol–water partition coefficient (Wildman–Crippen LogP) is 10.6. The van der Waals surface area contributed by atoms with Crippen molar-refractivity contribution in [1.82, 2.24) is 29.2 Å². The van der Waals surface area contributed by atoms with E-state index < -0.39 is 76.2 Å². The molecule has 0 radical (unpaired) electrons. The van der Waals surface area contributed by atoms with Crippen LogP contribution >= 0.6 is 27.0 Å². The van der Waals surface area contributed by atoms with Gasteiger partial charge in [-0.05, 0) is 75.6 Å². The number of ether oxygens (including phenoxy) is 2.